The molecule has 1 aliphatic rings. The first-order valence-corrected chi connectivity index (χ1v) is 10.7. The van der Waals surface area contributed by atoms with Gasteiger partial charge in [0.25, 0.3) is 5.91 Å². The minimum absolute atomic E-state index is 0.0135. The minimum atomic E-state index is -0.934. The van der Waals surface area contributed by atoms with Crippen LogP contribution in [-0.4, -0.2) is 29.0 Å². The number of hydrogen-bond acceptors (Lipinski definition) is 5. The van der Waals surface area contributed by atoms with E-state index >= 15 is 0 Å². The molecule has 0 spiro atoms. The number of aryl methyl sites for hydroxylation is 1. The van der Waals surface area contributed by atoms with Crippen molar-refractivity contribution < 1.29 is 24.5 Å². The molecule has 1 atom stereocenters. The molecule has 3 aromatic rings. The van der Waals surface area contributed by atoms with Gasteiger partial charge in [-0.3, -0.25) is 14.5 Å². The van der Waals surface area contributed by atoms with Crippen molar-refractivity contribution in [1.29, 1.82) is 0 Å². The van der Waals surface area contributed by atoms with E-state index in [0.717, 1.165) is 5.56 Å². The number of phenolic OH excluding ortho intramolecular Hbond substituents is 1. The second kappa shape index (κ2) is 9.38. The van der Waals surface area contributed by atoms with Crippen LogP contribution < -0.4 is 9.64 Å². The minimum Gasteiger partial charge on any atom is -0.504 e. The van der Waals surface area contributed by atoms with Crippen molar-refractivity contribution in [3.05, 3.63) is 100 Å². The predicted octanol–water partition coefficient (Wildman–Crippen LogP) is 5.16. The number of ketones is 1. The van der Waals surface area contributed by atoms with Gasteiger partial charge in [-0.1, -0.05) is 54.1 Å². The Morgan fingerprint density at radius 2 is 1.79 bits per heavy atom. The van der Waals surface area contributed by atoms with Gasteiger partial charge in [0, 0.05) is 17.1 Å². The second-order valence-electron chi connectivity index (χ2n) is 7.66. The number of anilines is 1. The maximum atomic E-state index is 13.3. The number of Topliss-reactive ketones (excluding diaryl/α,β-unsaturated/α-hetero) is 1. The van der Waals surface area contributed by atoms with Gasteiger partial charge in [-0.25, -0.2) is 0 Å². The molecule has 7 heteroatoms. The van der Waals surface area contributed by atoms with Gasteiger partial charge in [0.1, 0.15) is 0 Å². The van der Waals surface area contributed by atoms with Crippen LogP contribution in [0.2, 0.25) is 5.02 Å². The van der Waals surface area contributed by atoms with E-state index < -0.39 is 17.7 Å². The predicted molar refractivity (Wildman–Crippen MR) is 126 cm³/mol. The molecule has 1 amide bonds. The first kappa shape index (κ1) is 22.4. The summed E-state index contributed by atoms with van der Waals surface area (Å²) in [5.41, 5.74) is 1.83. The molecule has 1 aliphatic heterocycles. The van der Waals surface area contributed by atoms with E-state index in [9.17, 15) is 19.8 Å². The smallest absolute Gasteiger partial charge is 0.294 e. The zero-order chi connectivity index (χ0) is 23.5. The van der Waals surface area contributed by atoms with E-state index in [2.05, 4.69) is 0 Å². The summed E-state index contributed by atoms with van der Waals surface area (Å²) in [4.78, 5) is 27.8. The van der Waals surface area contributed by atoms with Crippen LogP contribution >= 0.6 is 11.6 Å². The molecule has 0 fully saturated rings. The lowest BCUT2D eigenvalue weighted by Gasteiger charge is -2.27. The third-order valence-corrected chi connectivity index (χ3v) is 5.83. The Balaban J connectivity index is 1.76. The highest BCUT2D eigenvalue weighted by molar-refractivity contribution is 6.31. The Hall–Kier alpha value is -3.77. The first-order valence-electron chi connectivity index (χ1n) is 10.4. The molecule has 4 rings (SSSR count). The van der Waals surface area contributed by atoms with E-state index in [-0.39, 0.29) is 29.3 Å². The van der Waals surface area contributed by atoms with Crippen molar-refractivity contribution in [3.63, 3.8) is 0 Å². The highest BCUT2D eigenvalue weighted by atomic mass is 35.5. The molecular weight excluding hydrogens is 442 g/mol. The molecule has 1 unspecified atom stereocenters. The summed E-state index contributed by atoms with van der Waals surface area (Å²) in [6.45, 7) is 0. The molecule has 3 aromatic carbocycles. The summed E-state index contributed by atoms with van der Waals surface area (Å²) in [5.74, 6) is -1.55. The van der Waals surface area contributed by atoms with Crippen LogP contribution in [0, 0.1) is 0 Å². The number of methoxy groups -OCH3 is 1. The second-order valence-corrected chi connectivity index (χ2v) is 8.10. The van der Waals surface area contributed by atoms with Gasteiger partial charge in [0.2, 0.25) is 0 Å². The number of phenols is 1. The third-order valence-electron chi connectivity index (χ3n) is 5.60. The summed E-state index contributed by atoms with van der Waals surface area (Å²) in [6.07, 6.45) is 0.571. The lowest BCUT2D eigenvalue weighted by atomic mass is 9.92. The SMILES string of the molecule is COc1ccc(C2C(C(=O)CCc3ccccc3)=C(O)C(=O)N2c2cccc(Cl)c2)cc1O. The van der Waals surface area contributed by atoms with Crippen molar-refractivity contribution in [3.8, 4) is 11.5 Å². The zero-order valence-electron chi connectivity index (χ0n) is 17.9. The normalized spacial score (nSPS) is 15.8. The molecule has 0 aromatic heterocycles. The number of ether oxygens (including phenoxy) is 1. The van der Waals surface area contributed by atoms with E-state index in [1.807, 2.05) is 30.3 Å². The number of carbonyl (C=O) groups is 2. The van der Waals surface area contributed by atoms with Crippen LogP contribution in [0.25, 0.3) is 0 Å². The molecule has 6 nitrogen and oxygen atoms in total. The van der Waals surface area contributed by atoms with Crippen molar-refractivity contribution >= 4 is 29.0 Å². The average molecular weight is 464 g/mol. The van der Waals surface area contributed by atoms with Gasteiger partial charge in [-0.15, -0.1) is 0 Å². The molecule has 33 heavy (non-hydrogen) atoms. The number of aromatic hydroxyl groups is 1. The number of carbonyl (C=O) groups excluding carboxylic acids is 2. The molecule has 0 saturated carbocycles. The van der Waals surface area contributed by atoms with Gasteiger partial charge >= 0.3 is 0 Å². The Morgan fingerprint density at radius 1 is 1.03 bits per heavy atom. The van der Waals surface area contributed by atoms with Gasteiger partial charge in [0.05, 0.1) is 18.7 Å². The molecular formula is C26H22ClNO5. The summed E-state index contributed by atoms with van der Waals surface area (Å²) in [5, 5.41) is 21.5. The van der Waals surface area contributed by atoms with E-state index in [0.29, 0.717) is 22.7 Å². The Labute approximate surface area is 196 Å². The molecule has 0 aliphatic carbocycles. The molecule has 1 heterocycles. The maximum Gasteiger partial charge on any atom is 0.294 e. The molecule has 0 saturated heterocycles. The monoisotopic (exact) mass is 463 g/mol. The summed E-state index contributed by atoms with van der Waals surface area (Å²) >= 11 is 6.14. The van der Waals surface area contributed by atoms with Crippen LogP contribution in [0.15, 0.2) is 84.1 Å². The van der Waals surface area contributed by atoms with Crippen molar-refractivity contribution in [2.75, 3.05) is 12.0 Å². The van der Waals surface area contributed by atoms with Gasteiger partial charge in [-0.05, 0) is 47.9 Å². The maximum absolute atomic E-state index is 13.3. The van der Waals surface area contributed by atoms with E-state index in [4.69, 9.17) is 16.3 Å². The topological polar surface area (TPSA) is 87.1 Å². The molecule has 2 N–H and O–H groups in total. The third kappa shape index (κ3) is 4.43. The fraction of sp³-hybridized carbons (Fsp3) is 0.154. The largest absolute Gasteiger partial charge is 0.504 e. The molecule has 168 valence electrons. The number of hydrogen-bond donors (Lipinski definition) is 2. The van der Waals surface area contributed by atoms with Gasteiger partial charge in [0.15, 0.2) is 23.0 Å². The van der Waals surface area contributed by atoms with Gasteiger partial charge < -0.3 is 14.9 Å². The number of aliphatic hydroxyl groups is 1. The summed E-state index contributed by atoms with van der Waals surface area (Å²) in [6, 6.07) is 19.8. The van der Waals surface area contributed by atoms with Crippen LogP contribution in [0.3, 0.4) is 0 Å². The molecule has 0 bridgehead atoms. The highest BCUT2D eigenvalue weighted by Gasteiger charge is 2.44. The number of aliphatic hydroxyl groups excluding tert-OH is 1. The molecule has 0 radical (unpaired) electrons. The van der Waals surface area contributed by atoms with E-state index in [1.54, 1.807) is 36.4 Å². The Kier molecular flexibility index (Phi) is 6.38. The number of amides is 1. The Bertz CT molecular complexity index is 1240. The highest BCUT2D eigenvalue weighted by Crippen LogP contribution is 2.43. The summed E-state index contributed by atoms with van der Waals surface area (Å²) < 4.78 is 5.12. The van der Waals surface area contributed by atoms with Crippen molar-refractivity contribution in [1.82, 2.24) is 0 Å². The standard InChI is InChI=1S/C26H22ClNO5/c1-33-22-13-11-17(14-21(22)30)24-23(20(29)12-10-16-6-3-2-4-7-16)25(31)26(32)28(24)19-9-5-8-18(27)15-19/h2-9,11,13-15,24,30-31H,10,12H2,1H3. The average Bonchev–Trinajstić information content (AvgIpc) is 3.08. The van der Waals surface area contributed by atoms with Crippen LogP contribution in [0.5, 0.6) is 11.5 Å². The van der Waals surface area contributed by atoms with Crippen LogP contribution in [0.4, 0.5) is 5.69 Å². The van der Waals surface area contributed by atoms with Crippen LogP contribution in [0.1, 0.15) is 23.6 Å². The number of benzene rings is 3. The number of halogens is 1. The van der Waals surface area contributed by atoms with Crippen LogP contribution in [-0.2, 0) is 16.0 Å². The number of rotatable bonds is 7. The number of nitrogens with zero attached hydrogens (tertiary/aromatic N) is 1. The zero-order valence-corrected chi connectivity index (χ0v) is 18.6. The first-order chi connectivity index (χ1) is 15.9. The lowest BCUT2D eigenvalue weighted by molar-refractivity contribution is -0.118. The lowest BCUT2D eigenvalue weighted by Crippen LogP contribution is -2.31. The fourth-order valence-corrected chi connectivity index (χ4v) is 4.20. The van der Waals surface area contributed by atoms with Gasteiger partial charge in [-0.2, -0.15) is 0 Å². The van der Waals surface area contributed by atoms with Crippen molar-refractivity contribution in [2.24, 2.45) is 0 Å². The Morgan fingerprint density at radius 3 is 2.45 bits per heavy atom. The summed E-state index contributed by atoms with van der Waals surface area (Å²) in [7, 11) is 1.43. The van der Waals surface area contributed by atoms with E-state index in [1.165, 1.54) is 18.1 Å². The quantitative estimate of drug-likeness (QED) is 0.505. The fourth-order valence-electron chi connectivity index (χ4n) is 4.01. The van der Waals surface area contributed by atoms with Crippen molar-refractivity contribution in [2.45, 2.75) is 18.9 Å².